The molecule has 0 saturated heterocycles. The maximum Gasteiger partial charge on any atom is 0.211 e. The summed E-state index contributed by atoms with van der Waals surface area (Å²) >= 11 is 12.2. The lowest BCUT2D eigenvalue weighted by Gasteiger charge is -2.08. The Morgan fingerprint density at radius 3 is 2.89 bits per heavy atom. The molecule has 1 unspecified atom stereocenters. The lowest BCUT2D eigenvalue weighted by molar-refractivity contribution is 0.423. The quantitative estimate of drug-likeness (QED) is 0.869. The molecule has 0 amide bonds. The topological polar surface area (TPSA) is 38.1 Å². The van der Waals surface area contributed by atoms with E-state index in [1.807, 2.05) is 19.1 Å². The highest BCUT2D eigenvalue weighted by atomic mass is 35.5. The van der Waals surface area contributed by atoms with Gasteiger partial charge in [-0.15, -0.1) is 0 Å². The summed E-state index contributed by atoms with van der Waals surface area (Å²) < 4.78 is 5.75. The van der Waals surface area contributed by atoms with E-state index < -0.39 is 0 Å². The van der Waals surface area contributed by atoms with Gasteiger partial charge in [0.15, 0.2) is 5.76 Å². The van der Waals surface area contributed by atoms with Gasteiger partial charge < -0.3 is 9.73 Å². The SMILES string of the molecule is CCCNC(C)c1ncc(-c2cccc(Cl)c2Cl)o1. The normalized spacial score (nSPS) is 12.6. The Hall–Kier alpha value is -1.03. The van der Waals surface area contributed by atoms with Crippen LogP contribution in [0.4, 0.5) is 0 Å². The zero-order valence-electron chi connectivity index (χ0n) is 10.9. The number of aromatic nitrogens is 1. The molecule has 2 rings (SSSR count). The first kappa shape index (κ1) is 14.4. The van der Waals surface area contributed by atoms with Crippen LogP contribution in [-0.2, 0) is 0 Å². The molecular weight excluding hydrogens is 283 g/mol. The third kappa shape index (κ3) is 3.30. The van der Waals surface area contributed by atoms with Crippen LogP contribution in [0.3, 0.4) is 0 Å². The summed E-state index contributed by atoms with van der Waals surface area (Å²) in [4.78, 5) is 4.29. The molecule has 1 aromatic heterocycles. The predicted molar refractivity (Wildman–Crippen MR) is 78.7 cm³/mol. The monoisotopic (exact) mass is 298 g/mol. The van der Waals surface area contributed by atoms with Crippen LogP contribution in [-0.4, -0.2) is 11.5 Å². The zero-order chi connectivity index (χ0) is 13.8. The highest BCUT2D eigenvalue weighted by Crippen LogP contribution is 2.34. The Morgan fingerprint density at radius 1 is 1.37 bits per heavy atom. The highest BCUT2D eigenvalue weighted by Gasteiger charge is 2.15. The molecule has 0 spiro atoms. The number of oxazole rings is 1. The van der Waals surface area contributed by atoms with Crippen molar-refractivity contribution in [2.45, 2.75) is 26.3 Å². The molecule has 5 heteroatoms. The summed E-state index contributed by atoms with van der Waals surface area (Å²) in [5, 5.41) is 4.32. The van der Waals surface area contributed by atoms with Crippen molar-refractivity contribution >= 4 is 23.2 Å². The van der Waals surface area contributed by atoms with Gasteiger partial charge in [0.1, 0.15) is 0 Å². The molecular formula is C14H16Cl2N2O. The third-order valence-corrected chi connectivity index (χ3v) is 3.63. The molecule has 1 atom stereocenters. The van der Waals surface area contributed by atoms with Crippen LogP contribution in [0.2, 0.25) is 10.0 Å². The molecule has 0 aliphatic heterocycles. The summed E-state index contributed by atoms with van der Waals surface area (Å²) in [5.74, 6) is 1.28. The van der Waals surface area contributed by atoms with Gasteiger partial charge in [0.2, 0.25) is 5.89 Å². The van der Waals surface area contributed by atoms with Gasteiger partial charge >= 0.3 is 0 Å². The third-order valence-electron chi connectivity index (χ3n) is 2.81. The van der Waals surface area contributed by atoms with Crippen molar-refractivity contribution in [3.05, 3.63) is 40.3 Å². The molecule has 0 radical (unpaired) electrons. The van der Waals surface area contributed by atoms with E-state index in [0.29, 0.717) is 21.7 Å². The van der Waals surface area contributed by atoms with E-state index in [2.05, 4.69) is 17.2 Å². The van der Waals surface area contributed by atoms with E-state index in [9.17, 15) is 0 Å². The van der Waals surface area contributed by atoms with Gasteiger partial charge in [0, 0.05) is 5.56 Å². The minimum Gasteiger partial charge on any atom is -0.439 e. The highest BCUT2D eigenvalue weighted by molar-refractivity contribution is 6.43. The lowest BCUT2D eigenvalue weighted by Crippen LogP contribution is -2.19. The number of benzene rings is 1. The number of halogens is 2. The minimum atomic E-state index is 0.0756. The predicted octanol–water partition coefficient (Wildman–Crippen LogP) is 4.71. The van der Waals surface area contributed by atoms with Crippen molar-refractivity contribution in [1.82, 2.24) is 10.3 Å². The van der Waals surface area contributed by atoms with Crippen molar-refractivity contribution < 1.29 is 4.42 Å². The standard InChI is InChI=1S/C14H16Cl2N2O/c1-3-7-17-9(2)14-18-8-12(19-14)10-5-4-6-11(15)13(10)16/h4-6,8-9,17H,3,7H2,1-2H3. The number of hydrogen-bond donors (Lipinski definition) is 1. The molecule has 0 fully saturated rings. The smallest absolute Gasteiger partial charge is 0.211 e. The van der Waals surface area contributed by atoms with Crippen molar-refractivity contribution in [3.63, 3.8) is 0 Å². The molecule has 2 aromatic rings. The maximum atomic E-state index is 6.16. The van der Waals surface area contributed by atoms with Gasteiger partial charge in [-0.1, -0.05) is 36.2 Å². The van der Waals surface area contributed by atoms with Crippen LogP contribution in [0.5, 0.6) is 0 Å². The molecule has 0 saturated carbocycles. The first-order chi connectivity index (χ1) is 9.13. The van der Waals surface area contributed by atoms with Crippen molar-refractivity contribution in [1.29, 1.82) is 0 Å². The van der Waals surface area contributed by atoms with Crippen LogP contribution < -0.4 is 5.32 Å². The lowest BCUT2D eigenvalue weighted by atomic mass is 10.2. The summed E-state index contributed by atoms with van der Waals surface area (Å²) in [6.07, 6.45) is 2.75. The largest absolute Gasteiger partial charge is 0.439 e. The second-order valence-corrected chi connectivity index (χ2v) is 5.13. The Kier molecular flexibility index (Phi) is 4.86. The summed E-state index contributed by atoms with van der Waals surface area (Å²) in [5.41, 5.74) is 0.760. The molecule has 1 aromatic carbocycles. The number of nitrogens with zero attached hydrogens (tertiary/aromatic N) is 1. The van der Waals surface area contributed by atoms with Crippen LogP contribution in [0.25, 0.3) is 11.3 Å². The minimum absolute atomic E-state index is 0.0756. The average molecular weight is 299 g/mol. The fraction of sp³-hybridized carbons (Fsp3) is 0.357. The number of hydrogen-bond acceptors (Lipinski definition) is 3. The Labute approximate surface area is 122 Å². The average Bonchev–Trinajstić information content (AvgIpc) is 2.88. The van der Waals surface area contributed by atoms with Crippen molar-refractivity contribution in [2.24, 2.45) is 0 Å². The molecule has 0 aliphatic carbocycles. The number of rotatable bonds is 5. The number of nitrogens with one attached hydrogen (secondary N) is 1. The van der Waals surface area contributed by atoms with Gasteiger partial charge in [-0.2, -0.15) is 0 Å². The molecule has 102 valence electrons. The Balaban J connectivity index is 2.23. The van der Waals surface area contributed by atoms with Crippen LogP contribution >= 0.6 is 23.2 Å². The van der Waals surface area contributed by atoms with E-state index in [1.165, 1.54) is 0 Å². The first-order valence-electron chi connectivity index (χ1n) is 6.27. The molecule has 1 heterocycles. The van der Waals surface area contributed by atoms with Crippen LogP contribution in [0.15, 0.2) is 28.8 Å². The molecule has 0 bridgehead atoms. The van der Waals surface area contributed by atoms with Gasteiger partial charge in [-0.05, 0) is 32.0 Å². The molecule has 3 nitrogen and oxygen atoms in total. The Bertz CT molecular complexity index is 554. The molecule has 1 N–H and O–H groups in total. The van der Waals surface area contributed by atoms with Gasteiger partial charge in [0.05, 0.1) is 22.3 Å². The van der Waals surface area contributed by atoms with Gasteiger partial charge in [0.25, 0.3) is 0 Å². The van der Waals surface area contributed by atoms with E-state index in [0.717, 1.165) is 18.5 Å². The summed E-state index contributed by atoms with van der Waals surface area (Å²) in [6, 6.07) is 5.52. The zero-order valence-corrected chi connectivity index (χ0v) is 12.4. The summed E-state index contributed by atoms with van der Waals surface area (Å²) in [7, 11) is 0. The maximum absolute atomic E-state index is 6.16. The van der Waals surface area contributed by atoms with Crippen molar-refractivity contribution in [3.8, 4) is 11.3 Å². The second kappa shape index (κ2) is 6.42. The van der Waals surface area contributed by atoms with E-state index in [-0.39, 0.29) is 6.04 Å². The fourth-order valence-corrected chi connectivity index (χ4v) is 2.15. The van der Waals surface area contributed by atoms with E-state index in [1.54, 1.807) is 12.3 Å². The van der Waals surface area contributed by atoms with Crippen LogP contribution in [0, 0.1) is 0 Å². The Morgan fingerprint density at radius 2 is 2.16 bits per heavy atom. The fourth-order valence-electron chi connectivity index (χ4n) is 1.75. The van der Waals surface area contributed by atoms with E-state index in [4.69, 9.17) is 27.6 Å². The second-order valence-electron chi connectivity index (χ2n) is 4.34. The first-order valence-corrected chi connectivity index (χ1v) is 7.02. The molecule has 0 aliphatic rings. The van der Waals surface area contributed by atoms with Crippen molar-refractivity contribution in [2.75, 3.05) is 6.54 Å². The van der Waals surface area contributed by atoms with Gasteiger partial charge in [-0.25, -0.2) is 4.98 Å². The molecule has 19 heavy (non-hydrogen) atoms. The van der Waals surface area contributed by atoms with Gasteiger partial charge in [-0.3, -0.25) is 0 Å². The van der Waals surface area contributed by atoms with E-state index >= 15 is 0 Å². The van der Waals surface area contributed by atoms with Crippen LogP contribution in [0.1, 0.15) is 32.2 Å². The summed E-state index contributed by atoms with van der Waals surface area (Å²) in [6.45, 7) is 5.06.